The number of hydrogen-bond donors (Lipinski definition) is 0. The van der Waals surface area contributed by atoms with Gasteiger partial charge >= 0.3 is 0 Å². The van der Waals surface area contributed by atoms with Gasteiger partial charge in [0.1, 0.15) is 0 Å². The van der Waals surface area contributed by atoms with E-state index in [9.17, 15) is 0 Å². The Balaban J connectivity index is 0.000000605. The van der Waals surface area contributed by atoms with E-state index < -0.39 is 0 Å². The van der Waals surface area contributed by atoms with E-state index in [0.717, 1.165) is 0 Å². The maximum absolute atomic E-state index is 2.26. The molecule has 0 spiro atoms. The lowest BCUT2D eigenvalue weighted by molar-refractivity contribution is 0.685. The molecule has 1 aliphatic rings. The van der Waals surface area contributed by atoms with E-state index >= 15 is 0 Å². The second kappa shape index (κ2) is 3.56. The predicted octanol–water partition coefficient (Wildman–Crippen LogP) is 2.77. The first-order valence-electron chi connectivity index (χ1n) is 4.03. The highest BCUT2D eigenvalue weighted by Crippen LogP contribution is 2.19. The minimum Gasteiger partial charge on any atom is -0.0620 e. The second-order valence-electron chi connectivity index (χ2n) is 2.98. The zero-order chi connectivity index (χ0) is 6.81. The second-order valence-corrected chi connectivity index (χ2v) is 2.98. The van der Waals surface area contributed by atoms with Gasteiger partial charge in [-0.05, 0) is 44.2 Å². The predicted molar refractivity (Wildman–Crippen MR) is 47.4 cm³/mol. The third-order valence-electron chi connectivity index (χ3n) is 2.26. The molecular formula is C11H13. The Bertz CT molecular complexity index is 200. The van der Waals surface area contributed by atoms with Gasteiger partial charge in [-0.15, -0.1) is 0 Å². The van der Waals surface area contributed by atoms with Crippen molar-refractivity contribution >= 4 is 0 Å². The lowest BCUT2D eigenvalue weighted by atomic mass is 9.92. The van der Waals surface area contributed by atoms with E-state index in [4.69, 9.17) is 0 Å². The van der Waals surface area contributed by atoms with Crippen molar-refractivity contribution in [3.05, 3.63) is 42.8 Å². The zero-order valence-corrected chi connectivity index (χ0v) is 6.72. The van der Waals surface area contributed by atoms with E-state index in [0.29, 0.717) is 0 Å². The summed E-state index contributed by atoms with van der Waals surface area (Å²) in [6.45, 7) is 0. The van der Waals surface area contributed by atoms with Gasteiger partial charge in [-0.3, -0.25) is 0 Å². The van der Waals surface area contributed by atoms with Crippen LogP contribution in [0, 0.1) is 7.43 Å². The van der Waals surface area contributed by atoms with Crippen LogP contribution >= 0.6 is 0 Å². The molecule has 0 nitrogen and oxygen atoms in total. The fourth-order valence-electron chi connectivity index (χ4n) is 1.68. The molecule has 0 bridgehead atoms. The average Bonchev–Trinajstić information content (AvgIpc) is 2.05. The summed E-state index contributed by atoms with van der Waals surface area (Å²) in [5, 5.41) is 0. The van der Waals surface area contributed by atoms with Gasteiger partial charge in [0.05, 0.1) is 0 Å². The van der Waals surface area contributed by atoms with Crippen molar-refractivity contribution in [1.29, 1.82) is 0 Å². The average molecular weight is 145 g/mol. The van der Waals surface area contributed by atoms with E-state index in [1.165, 1.54) is 25.7 Å². The summed E-state index contributed by atoms with van der Waals surface area (Å²) in [7, 11) is 0. The van der Waals surface area contributed by atoms with E-state index in [1.54, 1.807) is 11.1 Å². The minimum absolute atomic E-state index is 0. The molecule has 1 aromatic rings. The number of hydrogen-bond acceptors (Lipinski definition) is 0. The summed E-state index contributed by atoms with van der Waals surface area (Å²) in [5.41, 5.74) is 3.16. The third kappa shape index (κ3) is 1.62. The minimum atomic E-state index is 0. The number of rotatable bonds is 0. The van der Waals surface area contributed by atoms with E-state index in [-0.39, 0.29) is 7.43 Å². The van der Waals surface area contributed by atoms with Crippen LogP contribution in [-0.4, -0.2) is 0 Å². The van der Waals surface area contributed by atoms with Crippen LogP contribution in [0.25, 0.3) is 0 Å². The Morgan fingerprint density at radius 1 is 0.818 bits per heavy atom. The highest BCUT2D eigenvalue weighted by Gasteiger charge is 2.05. The quantitative estimate of drug-likeness (QED) is 0.526. The van der Waals surface area contributed by atoms with Crippen molar-refractivity contribution in [3.63, 3.8) is 0 Å². The standard InChI is InChI=1S/C10H12.CH/c1-2-6-10-8-4-3-7-9(10)5-1;/h1-2,5-6H,3-4,7-8H2;1H. The molecule has 0 N–H and O–H groups in total. The molecule has 0 heteroatoms. The molecule has 3 radical (unpaired) electrons. The molecule has 0 unspecified atom stereocenters. The number of benzene rings is 1. The molecule has 0 amide bonds. The van der Waals surface area contributed by atoms with Crippen molar-refractivity contribution in [2.24, 2.45) is 0 Å². The molecule has 0 heterocycles. The van der Waals surface area contributed by atoms with Crippen LogP contribution < -0.4 is 0 Å². The summed E-state index contributed by atoms with van der Waals surface area (Å²) < 4.78 is 0. The van der Waals surface area contributed by atoms with Crippen LogP contribution in [0.15, 0.2) is 24.3 Å². The fraction of sp³-hybridized carbons (Fsp3) is 0.364. The Labute approximate surface area is 69.3 Å². The van der Waals surface area contributed by atoms with E-state index in [2.05, 4.69) is 24.3 Å². The molecule has 0 saturated heterocycles. The molecule has 0 aromatic heterocycles. The molecule has 0 saturated carbocycles. The Morgan fingerprint density at radius 2 is 1.27 bits per heavy atom. The summed E-state index contributed by atoms with van der Waals surface area (Å²) >= 11 is 0. The van der Waals surface area contributed by atoms with Gasteiger partial charge in [0, 0.05) is 0 Å². The van der Waals surface area contributed by atoms with Crippen molar-refractivity contribution in [3.8, 4) is 0 Å². The monoisotopic (exact) mass is 145 g/mol. The molecule has 0 atom stereocenters. The summed E-state index contributed by atoms with van der Waals surface area (Å²) in [4.78, 5) is 0. The Hall–Kier alpha value is -0.780. The van der Waals surface area contributed by atoms with Crippen LogP contribution in [-0.2, 0) is 12.8 Å². The first kappa shape index (κ1) is 8.32. The topological polar surface area (TPSA) is 0 Å². The van der Waals surface area contributed by atoms with Gasteiger partial charge in [-0.25, -0.2) is 0 Å². The largest absolute Gasteiger partial charge is 0.0620 e. The van der Waals surface area contributed by atoms with E-state index in [1.807, 2.05) is 0 Å². The van der Waals surface area contributed by atoms with Crippen LogP contribution in [0.5, 0.6) is 0 Å². The lowest BCUT2D eigenvalue weighted by Gasteiger charge is -2.13. The molecule has 0 aliphatic heterocycles. The first-order valence-corrected chi connectivity index (χ1v) is 4.03. The smallest absolute Gasteiger partial charge is 0.0276 e. The van der Waals surface area contributed by atoms with Crippen molar-refractivity contribution in [2.45, 2.75) is 25.7 Å². The molecule has 57 valence electrons. The van der Waals surface area contributed by atoms with Crippen LogP contribution in [0.2, 0.25) is 0 Å². The van der Waals surface area contributed by atoms with Crippen LogP contribution in [0.4, 0.5) is 0 Å². The maximum Gasteiger partial charge on any atom is -0.0276 e. The molecular weight excluding hydrogens is 132 g/mol. The number of fused-ring (bicyclic) bond motifs is 1. The normalized spacial score (nSPS) is 14.9. The number of aryl methyl sites for hydroxylation is 2. The highest BCUT2D eigenvalue weighted by molar-refractivity contribution is 5.28. The zero-order valence-electron chi connectivity index (χ0n) is 6.72. The van der Waals surface area contributed by atoms with Crippen LogP contribution in [0.3, 0.4) is 0 Å². The summed E-state index contributed by atoms with van der Waals surface area (Å²) in [6.07, 6.45) is 5.38. The molecule has 1 aliphatic carbocycles. The van der Waals surface area contributed by atoms with Gasteiger partial charge < -0.3 is 0 Å². The van der Waals surface area contributed by atoms with Crippen molar-refractivity contribution in [2.75, 3.05) is 0 Å². The maximum atomic E-state index is 2.26. The SMILES string of the molecule is [CH].c1ccc2c(c1)CCCC2. The Morgan fingerprint density at radius 3 is 1.73 bits per heavy atom. The first-order chi connectivity index (χ1) is 4.97. The highest BCUT2D eigenvalue weighted by atomic mass is 14.1. The van der Waals surface area contributed by atoms with Crippen molar-refractivity contribution in [1.82, 2.24) is 0 Å². The molecule has 2 rings (SSSR count). The fourth-order valence-corrected chi connectivity index (χ4v) is 1.68. The molecule has 11 heavy (non-hydrogen) atoms. The van der Waals surface area contributed by atoms with Gasteiger partial charge in [0.25, 0.3) is 0 Å². The third-order valence-corrected chi connectivity index (χ3v) is 2.26. The lowest BCUT2D eigenvalue weighted by Crippen LogP contribution is -2.00. The molecule has 0 fully saturated rings. The van der Waals surface area contributed by atoms with Gasteiger partial charge in [0.15, 0.2) is 0 Å². The van der Waals surface area contributed by atoms with Gasteiger partial charge in [-0.2, -0.15) is 0 Å². The molecule has 1 aromatic carbocycles. The summed E-state index contributed by atoms with van der Waals surface area (Å²) in [6, 6.07) is 8.80. The van der Waals surface area contributed by atoms with Crippen LogP contribution in [0.1, 0.15) is 24.0 Å². The van der Waals surface area contributed by atoms with Gasteiger partial charge in [-0.1, -0.05) is 24.3 Å². The van der Waals surface area contributed by atoms with Gasteiger partial charge in [0.2, 0.25) is 0 Å². The van der Waals surface area contributed by atoms with Crippen molar-refractivity contribution < 1.29 is 0 Å². The summed E-state index contributed by atoms with van der Waals surface area (Å²) in [5.74, 6) is 0. The Kier molecular flexibility index (Phi) is 2.70.